The Morgan fingerprint density at radius 2 is 2.08 bits per heavy atom. The molecule has 1 atom stereocenters. The summed E-state index contributed by atoms with van der Waals surface area (Å²) in [5.41, 5.74) is 1.09. The van der Waals surface area contributed by atoms with Gasteiger partial charge in [0.15, 0.2) is 5.82 Å². The molecule has 1 aromatic heterocycles. The molecule has 1 aromatic carbocycles. The van der Waals surface area contributed by atoms with Crippen LogP contribution in [-0.4, -0.2) is 40.5 Å². The van der Waals surface area contributed by atoms with Crippen molar-refractivity contribution in [2.75, 3.05) is 11.9 Å². The SMILES string of the molecule is Cc1cc(NC(=O)CN2C(=O)N[C@@H](CCc3ccccc3)C2=O)no1. The van der Waals surface area contributed by atoms with Crippen LogP contribution in [0.1, 0.15) is 17.7 Å². The lowest BCUT2D eigenvalue weighted by atomic mass is 10.1. The van der Waals surface area contributed by atoms with Gasteiger partial charge in [-0.2, -0.15) is 0 Å². The molecule has 0 saturated carbocycles. The average molecular weight is 342 g/mol. The molecule has 0 radical (unpaired) electrons. The van der Waals surface area contributed by atoms with Gasteiger partial charge in [0.05, 0.1) is 0 Å². The first-order chi connectivity index (χ1) is 12.0. The van der Waals surface area contributed by atoms with E-state index in [2.05, 4.69) is 15.8 Å². The zero-order valence-corrected chi connectivity index (χ0v) is 13.7. The van der Waals surface area contributed by atoms with E-state index in [-0.39, 0.29) is 12.4 Å². The van der Waals surface area contributed by atoms with Gasteiger partial charge in [-0.05, 0) is 25.3 Å². The Balaban J connectivity index is 1.54. The van der Waals surface area contributed by atoms with Gasteiger partial charge in [0.2, 0.25) is 5.91 Å². The van der Waals surface area contributed by atoms with Crippen molar-refractivity contribution in [3.8, 4) is 0 Å². The van der Waals surface area contributed by atoms with Crippen LogP contribution >= 0.6 is 0 Å². The number of aromatic nitrogens is 1. The van der Waals surface area contributed by atoms with Crippen molar-refractivity contribution in [2.24, 2.45) is 0 Å². The number of urea groups is 1. The Bertz CT molecular complexity index is 787. The first kappa shape index (κ1) is 16.7. The molecule has 1 aliphatic heterocycles. The van der Waals surface area contributed by atoms with Gasteiger partial charge in [0, 0.05) is 6.07 Å². The Morgan fingerprint density at radius 3 is 2.76 bits per heavy atom. The van der Waals surface area contributed by atoms with Crippen molar-refractivity contribution in [3.63, 3.8) is 0 Å². The monoisotopic (exact) mass is 342 g/mol. The largest absolute Gasteiger partial charge is 0.360 e. The molecule has 3 rings (SSSR count). The van der Waals surface area contributed by atoms with Gasteiger partial charge >= 0.3 is 6.03 Å². The van der Waals surface area contributed by atoms with Gasteiger partial charge in [-0.1, -0.05) is 35.5 Å². The Morgan fingerprint density at radius 1 is 1.32 bits per heavy atom. The molecule has 2 heterocycles. The molecule has 0 spiro atoms. The molecule has 1 aliphatic rings. The number of nitrogens with zero attached hydrogens (tertiary/aromatic N) is 2. The van der Waals surface area contributed by atoms with E-state index in [1.165, 1.54) is 0 Å². The summed E-state index contributed by atoms with van der Waals surface area (Å²) < 4.78 is 4.84. The van der Waals surface area contributed by atoms with Crippen molar-refractivity contribution < 1.29 is 18.9 Å². The zero-order chi connectivity index (χ0) is 17.8. The number of imide groups is 1. The summed E-state index contributed by atoms with van der Waals surface area (Å²) in [4.78, 5) is 37.2. The highest BCUT2D eigenvalue weighted by atomic mass is 16.5. The first-order valence-electron chi connectivity index (χ1n) is 7.92. The van der Waals surface area contributed by atoms with Crippen LogP contribution in [0.15, 0.2) is 40.9 Å². The molecule has 0 aliphatic carbocycles. The van der Waals surface area contributed by atoms with Gasteiger partial charge in [0.25, 0.3) is 5.91 Å². The first-order valence-corrected chi connectivity index (χ1v) is 7.92. The second kappa shape index (κ2) is 7.16. The standard InChI is InChI=1S/C17H18N4O4/c1-11-9-14(20-25-11)19-15(22)10-21-16(23)13(18-17(21)24)8-7-12-5-3-2-4-6-12/h2-6,9,13H,7-8,10H2,1H3,(H,18,24)(H,19,20,22)/t13-/m0/s1. The van der Waals surface area contributed by atoms with Crippen molar-refractivity contribution in [1.29, 1.82) is 0 Å². The van der Waals surface area contributed by atoms with E-state index in [1.807, 2.05) is 30.3 Å². The number of amides is 4. The predicted molar refractivity (Wildman–Crippen MR) is 88.7 cm³/mol. The van der Waals surface area contributed by atoms with Crippen molar-refractivity contribution in [1.82, 2.24) is 15.4 Å². The maximum atomic E-state index is 12.4. The maximum absolute atomic E-state index is 12.4. The predicted octanol–water partition coefficient (Wildman–Crippen LogP) is 1.47. The number of benzene rings is 1. The number of anilines is 1. The van der Waals surface area contributed by atoms with Crippen molar-refractivity contribution >= 4 is 23.7 Å². The minimum atomic E-state index is -0.616. The molecule has 8 heteroatoms. The second-order valence-electron chi connectivity index (χ2n) is 5.82. The van der Waals surface area contributed by atoms with E-state index >= 15 is 0 Å². The lowest BCUT2D eigenvalue weighted by molar-refractivity contribution is -0.130. The normalized spacial score (nSPS) is 16.8. The highest BCUT2D eigenvalue weighted by Gasteiger charge is 2.38. The number of aryl methyl sites for hydroxylation is 2. The van der Waals surface area contributed by atoms with E-state index < -0.39 is 23.9 Å². The van der Waals surface area contributed by atoms with Crippen LogP contribution in [0.3, 0.4) is 0 Å². The molecule has 1 fully saturated rings. The smallest absolute Gasteiger partial charge is 0.325 e. The van der Waals surface area contributed by atoms with Gasteiger partial charge in [0.1, 0.15) is 18.3 Å². The van der Waals surface area contributed by atoms with E-state index in [4.69, 9.17) is 4.52 Å². The van der Waals surface area contributed by atoms with E-state index in [1.54, 1.807) is 13.0 Å². The zero-order valence-electron chi connectivity index (χ0n) is 13.7. The Hall–Kier alpha value is -3.16. The molecule has 2 aromatic rings. The Labute approximate surface area is 144 Å². The van der Waals surface area contributed by atoms with Gasteiger partial charge in [-0.15, -0.1) is 0 Å². The number of rotatable bonds is 6. The third kappa shape index (κ3) is 4.03. The summed E-state index contributed by atoms with van der Waals surface area (Å²) in [6, 6.07) is 10.1. The summed E-state index contributed by atoms with van der Waals surface area (Å²) >= 11 is 0. The summed E-state index contributed by atoms with van der Waals surface area (Å²) in [6.07, 6.45) is 1.14. The van der Waals surface area contributed by atoms with Crippen LogP contribution in [0.4, 0.5) is 10.6 Å². The Kier molecular flexibility index (Phi) is 4.78. The van der Waals surface area contributed by atoms with Gasteiger partial charge < -0.3 is 15.2 Å². The van der Waals surface area contributed by atoms with Gasteiger partial charge in [-0.25, -0.2) is 4.79 Å². The fourth-order valence-electron chi connectivity index (χ4n) is 2.63. The number of nitrogens with one attached hydrogen (secondary N) is 2. The molecule has 1 saturated heterocycles. The van der Waals surface area contributed by atoms with Crippen LogP contribution in [0.2, 0.25) is 0 Å². The molecule has 4 amide bonds. The number of carbonyl (C=O) groups is 3. The quantitative estimate of drug-likeness (QED) is 0.774. The van der Waals surface area contributed by atoms with Crippen LogP contribution < -0.4 is 10.6 Å². The summed E-state index contributed by atoms with van der Waals surface area (Å²) in [6.45, 7) is 1.33. The summed E-state index contributed by atoms with van der Waals surface area (Å²) in [5.74, 6) is -0.116. The minimum Gasteiger partial charge on any atom is -0.360 e. The minimum absolute atomic E-state index is 0.246. The molecule has 2 N–H and O–H groups in total. The van der Waals surface area contributed by atoms with Crippen molar-refractivity contribution in [3.05, 3.63) is 47.7 Å². The highest BCUT2D eigenvalue weighted by Crippen LogP contribution is 2.13. The molecule has 25 heavy (non-hydrogen) atoms. The second-order valence-corrected chi connectivity index (χ2v) is 5.82. The van der Waals surface area contributed by atoms with Crippen LogP contribution in [0.25, 0.3) is 0 Å². The number of hydrogen-bond acceptors (Lipinski definition) is 5. The summed E-state index contributed by atoms with van der Waals surface area (Å²) in [5, 5.41) is 8.74. The summed E-state index contributed by atoms with van der Waals surface area (Å²) in [7, 11) is 0. The van der Waals surface area contributed by atoms with E-state index in [0.717, 1.165) is 10.5 Å². The van der Waals surface area contributed by atoms with E-state index in [9.17, 15) is 14.4 Å². The number of hydrogen-bond donors (Lipinski definition) is 2. The fourth-order valence-corrected chi connectivity index (χ4v) is 2.63. The van der Waals surface area contributed by atoms with Crippen molar-refractivity contribution in [2.45, 2.75) is 25.8 Å². The van der Waals surface area contributed by atoms with Crippen LogP contribution in [0.5, 0.6) is 0 Å². The molecule has 0 unspecified atom stereocenters. The lowest BCUT2D eigenvalue weighted by Crippen LogP contribution is -2.38. The van der Waals surface area contributed by atoms with E-state index in [0.29, 0.717) is 18.6 Å². The average Bonchev–Trinajstić information content (AvgIpc) is 3.11. The molecule has 8 nitrogen and oxygen atoms in total. The third-order valence-electron chi connectivity index (χ3n) is 3.87. The lowest BCUT2D eigenvalue weighted by Gasteiger charge is -2.12. The fraction of sp³-hybridized carbons (Fsp3) is 0.294. The highest BCUT2D eigenvalue weighted by molar-refractivity contribution is 6.07. The topological polar surface area (TPSA) is 105 Å². The molecular formula is C17H18N4O4. The molecule has 130 valence electrons. The van der Waals surface area contributed by atoms with Gasteiger partial charge in [-0.3, -0.25) is 14.5 Å². The van der Waals surface area contributed by atoms with Crippen LogP contribution in [0, 0.1) is 6.92 Å². The number of carbonyl (C=O) groups excluding carboxylic acids is 3. The van der Waals surface area contributed by atoms with Crippen LogP contribution in [-0.2, 0) is 16.0 Å². The maximum Gasteiger partial charge on any atom is 0.325 e. The molecular weight excluding hydrogens is 324 g/mol. The molecule has 0 bridgehead atoms. The third-order valence-corrected chi connectivity index (χ3v) is 3.87.